The first-order valence-corrected chi connectivity index (χ1v) is 5.35. The van der Waals surface area contributed by atoms with E-state index in [4.69, 9.17) is 5.11 Å². The van der Waals surface area contributed by atoms with Crippen LogP contribution in [-0.2, 0) is 18.3 Å². The first kappa shape index (κ1) is 10.7. The van der Waals surface area contributed by atoms with Crippen molar-refractivity contribution in [1.29, 1.82) is 0 Å². The molecule has 0 radical (unpaired) electrons. The fourth-order valence-corrected chi connectivity index (χ4v) is 2.01. The summed E-state index contributed by atoms with van der Waals surface area (Å²) in [4.78, 5) is 10.8. The molecule has 1 heterocycles. The van der Waals surface area contributed by atoms with Gasteiger partial charge in [-0.25, -0.2) is 0 Å². The number of benzene rings is 1. The SMILES string of the molecule is C[C@H](Cc1cn(C)c2ccccc12)C(=O)O. The quantitative estimate of drug-likeness (QED) is 0.858. The van der Waals surface area contributed by atoms with Gasteiger partial charge in [-0.05, 0) is 18.1 Å². The molecule has 0 aliphatic carbocycles. The zero-order chi connectivity index (χ0) is 11.7. The van der Waals surface area contributed by atoms with Crippen molar-refractivity contribution in [2.45, 2.75) is 13.3 Å². The molecular weight excluding hydrogens is 202 g/mol. The summed E-state index contributed by atoms with van der Waals surface area (Å²) in [6, 6.07) is 8.06. The number of aromatic nitrogens is 1. The lowest BCUT2D eigenvalue weighted by molar-refractivity contribution is -0.141. The number of nitrogens with zero attached hydrogens (tertiary/aromatic N) is 1. The van der Waals surface area contributed by atoms with E-state index in [9.17, 15) is 4.79 Å². The molecule has 1 N–H and O–H groups in total. The van der Waals surface area contributed by atoms with Crippen LogP contribution in [0.3, 0.4) is 0 Å². The Morgan fingerprint density at radius 1 is 1.44 bits per heavy atom. The molecule has 0 bridgehead atoms. The molecule has 2 aromatic rings. The summed E-state index contributed by atoms with van der Waals surface area (Å²) < 4.78 is 2.04. The van der Waals surface area contributed by atoms with E-state index < -0.39 is 5.97 Å². The Balaban J connectivity index is 2.42. The number of hydrogen-bond acceptors (Lipinski definition) is 1. The lowest BCUT2D eigenvalue weighted by Crippen LogP contribution is -2.11. The van der Waals surface area contributed by atoms with Crippen molar-refractivity contribution in [3.63, 3.8) is 0 Å². The molecule has 0 saturated heterocycles. The van der Waals surface area contributed by atoms with E-state index >= 15 is 0 Å². The molecule has 0 spiro atoms. The lowest BCUT2D eigenvalue weighted by atomic mass is 10.0. The van der Waals surface area contributed by atoms with Crippen LogP contribution in [0.25, 0.3) is 10.9 Å². The highest BCUT2D eigenvalue weighted by Gasteiger charge is 2.14. The van der Waals surface area contributed by atoms with Crippen LogP contribution in [0.4, 0.5) is 0 Å². The number of aryl methyl sites for hydroxylation is 1. The molecule has 3 heteroatoms. The van der Waals surface area contributed by atoms with E-state index in [1.807, 2.05) is 42.1 Å². The van der Waals surface area contributed by atoms with Crippen LogP contribution in [0.2, 0.25) is 0 Å². The molecule has 1 atom stereocenters. The van der Waals surface area contributed by atoms with E-state index in [-0.39, 0.29) is 5.92 Å². The van der Waals surface area contributed by atoms with Crippen LogP contribution in [0.5, 0.6) is 0 Å². The summed E-state index contributed by atoms with van der Waals surface area (Å²) in [7, 11) is 1.98. The Morgan fingerprint density at radius 3 is 2.81 bits per heavy atom. The summed E-state index contributed by atoms with van der Waals surface area (Å²) in [5.74, 6) is -1.08. The van der Waals surface area contributed by atoms with Crippen molar-refractivity contribution in [2.24, 2.45) is 13.0 Å². The normalized spacial score (nSPS) is 12.9. The predicted molar refractivity (Wildman–Crippen MR) is 63.4 cm³/mol. The molecule has 3 nitrogen and oxygen atoms in total. The number of para-hydroxylation sites is 1. The maximum atomic E-state index is 10.8. The third kappa shape index (κ3) is 1.81. The molecule has 0 aliphatic rings. The average molecular weight is 217 g/mol. The maximum absolute atomic E-state index is 10.8. The summed E-state index contributed by atoms with van der Waals surface area (Å²) in [5.41, 5.74) is 2.25. The number of aliphatic carboxylic acids is 1. The van der Waals surface area contributed by atoms with Crippen molar-refractivity contribution in [2.75, 3.05) is 0 Å². The van der Waals surface area contributed by atoms with Crippen LogP contribution in [0.1, 0.15) is 12.5 Å². The molecule has 84 valence electrons. The van der Waals surface area contributed by atoms with Gasteiger partial charge in [0, 0.05) is 24.1 Å². The second kappa shape index (κ2) is 4.00. The van der Waals surface area contributed by atoms with Gasteiger partial charge in [-0.2, -0.15) is 0 Å². The Kier molecular flexibility index (Phi) is 2.69. The van der Waals surface area contributed by atoms with Gasteiger partial charge in [0.1, 0.15) is 0 Å². The van der Waals surface area contributed by atoms with Crippen LogP contribution >= 0.6 is 0 Å². The van der Waals surface area contributed by atoms with Gasteiger partial charge in [0.25, 0.3) is 0 Å². The van der Waals surface area contributed by atoms with E-state index in [2.05, 4.69) is 0 Å². The van der Waals surface area contributed by atoms with Crippen LogP contribution in [0.15, 0.2) is 30.5 Å². The summed E-state index contributed by atoms with van der Waals surface area (Å²) in [6.07, 6.45) is 2.60. The van der Waals surface area contributed by atoms with Gasteiger partial charge in [-0.15, -0.1) is 0 Å². The Bertz CT molecular complexity index is 528. The second-order valence-electron chi connectivity index (χ2n) is 4.23. The molecule has 1 aromatic heterocycles. The highest BCUT2D eigenvalue weighted by Crippen LogP contribution is 2.22. The van der Waals surface area contributed by atoms with Crippen molar-refractivity contribution < 1.29 is 9.90 Å². The monoisotopic (exact) mass is 217 g/mol. The van der Waals surface area contributed by atoms with Gasteiger partial charge in [0.15, 0.2) is 0 Å². The Morgan fingerprint density at radius 2 is 2.12 bits per heavy atom. The summed E-state index contributed by atoms with van der Waals surface area (Å²) in [5, 5.41) is 10.1. The van der Waals surface area contributed by atoms with Crippen LogP contribution in [-0.4, -0.2) is 15.6 Å². The number of carbonyl (C=O) groups is 1. The molecular formula is C13H15NO2. The summed E-state index contributed by atoms with van der Waals surface area (Å²) >= 11 is 0. The van der Waals surface area contributed by atoms with E-state index in [1.54, 1.807) is 6.92 Å². The van der Waals surface area contributed by atoms with E-state index in [1.165, 1.54) is 0 Å². The number of rotatable bonds is 3. The third-order valence-electron chi connectivity index (χ3n) is 2.93. The standard InChI is InChI=1S/C13H15NO2/c1-9(13(15)16)7-10-8-14(2)12-6-4-3-5-11(10)12/h3-6,8-9H,7H2,1-2H3,(H,15,16)/t9-/m1/s1. The minimum absolute atomic E-state index is 0.342. The van der Waals surface area contributed by atoms with Gasteiger partial charge in [-0.3, -0.25) is 4.79 Å². The topological polar surface area (TPSA) is 42.2 Å². The number of hydrogen-bond donors (Lipinski definition) is 1. The van der Waals surface area contributed by atoms with Gasteiger partial charge >= 0.3 is 5.97 Å². The number of fused-ring (bicyclic) bond motifs is 1. The Hall–Kier alpha value is -1.77. The minimum atomic E-state index is -0.743. The molecule has 0 aliphatic heterocycles. The van der Waals surface area contributed by atoms with Crippen LogP contribution in [0, 0.1) is 5.92 Å². The first-order chi connectivity index (χ1) is 7.59. The number of carboxylic acid groups (broad SMARTS) is 1. The molecule has 0 unspecified atom stereocenters. The molecule has 16 heavy (non-hydrogen) atoms. The third-order valence-corrected chi connectivity index (χ3v) is 2.93. The average Bonchev–Trinajstić information content (AvgIpc) is 2.57. The van der Waals surface area contributed by atoms with Gasteiger partial charge in [0.05, 0.1) is 5.92 Å². The molecule has 0 amide bonds. The van der Waals surface area contributed by atoms with Crippen molar-refractivity contribution in [3.05, 3.63) is 36.0 Å². The number of carboxylic acids is 1. The lowest BCUT2D eigenvalue weighted by Gasteiger charge is -2.04. The maximum Gasteiger partial charge on any atom is 0.306 e. The van der Waals surface area contributed by atoms with Crippen molar-refractivity contribution in [3.8, 4) is 0 Å². The fourth-order valence-electron chi connectivity index (χ4n) is 2.01. The first-order valence-electron chi connectivity index (χ1n) is 5.35. The second-order valence-corrected chi connectivity index (χ2v) is 4.23. The zero-order valence-electron chi connectivity index (χ0n) is 9.47. The Labute approximate surface area is 94.3 Å². The fraction of sp³-hybridized carbons (Fsp3) is 0.308. The van der Waals surface area contributed by atoms with E-state index in [0.29, 0.717) is 6.42 Å². The van der Waals surface area contributed by atoms with Crippen molar-refractivity contribution >= 4 is 16.9 Å². The smallest absolute Gasteiger partial charge is 0.306 e. The highest BCUT2D eigenvalue weighted by atomic mass is 16.4. The minimum Gasteiger partial charge on any atom is -0.481 e. The zero-order valence-corrected chi connectivity index (χ0v) is 9.47. The summed E-state index contributed by atoms with van der Waals surface area (Å²) in [6.45, 7) is 1.74. The van der Waals surface area contributed by atoms with Gasteiger partial charge in [0.2, 0.25) is 0 Å². The van der Waals surface area contributed by atoms with Gasteiger partial charge < -0.3 is 9.67 Å². The molecule has 0 saturated carbocycles. The largest absolute Gasteiger partial charge is 0.481 e. The molecule has 1 aromatic carbocycles. The molecule has 0 fully saturated rings. The highest BCUT2D eigenvalue weighted by molar-refractivity contribution is 5.84. The van der Waals surface area contributed by atoms with E-state index in [0.717, 1.165) is 16.5 Å². The van der Waals surface area contributed by atoms with Crippen LogP contribution < -0.4 is 0 Å². The molecule has 2 rings (SSSR count). The predicted octanol–water partition coefficient (Wildman–Crippen LogP) is 2.44. The van der Waals surface area contributed by atoms with Gasteiger partial charge in [-0.1, -0.05) is 25.1 Å². The van der Waals surface area contributed by atoms with Crippen molar-refractivity contribution in [1.82, 2.24) is 4.57 Å².